The zero-order valence-electron chi connectivity index (χ0n) is 13.8. The number of nitrogens with zero attached hydrogens (tertiary/aromatic N) is 1. The van der Waals surface area contributed by atoms with Crippen molar-refractivity contribution in [2.75, 3.05) is 17.2 Å². The van der Waals surface area contributed by atoms with E-state index in [-0.39, 0.29) is 12.5 Å². The molecule has 1 amide bonds. The summed E-state index contributed by atoms with van der Waals surface area (Å²) in [7, 11) is 0. The van der Waals surface area contributed by atoms with Crippen LogP contribution in [0.5, 0.6) is 0 Å². The summed E-state index contributed by atoms with van der Waals surface area (Å²) in [4.78, 5) is 16.1. The molecule has 1 heterocycles. The minimum absolute atomic E-state index is 0.0258. The maximum Gasteiger partial charge on any atom is 0.238 e. The Hall–Kier alpha value is -2.92. The predicted octanol–water partition coefficient (Wildman–Crippen LogP) is 3.23. The van der Waals surface area contributed by atoms with Gasteiger partial charge in [0, 0.05) is 11.1 Å². The first-order chi connectivity index (χ1) is 12.2. The number of aromatic nitrogens is 1. The van der Waals surface area contributed by atoms with Gasteiger partial charge in [-0.3, -0.25) is 4.79 Å². The zero-order chi connectivity index (χ0) is 17.2. The van der Waals surface area contributed by atoms with Crippen molar-refractivity contribution in [2.45, 2.75) is 18.9 Å². The molecule has 4 rings (SSSR count). The first-order valence-electron chi connectivity index (χ1n) is 8.48. The van der Waals surface area contributed by atoms with E-state index in [1.807, 2.05) is 30.3 Å². The monoisotopic (exact) mass is 332 g/mol. The Balaban J connectivity index is 1.56. The topological polar surface area (TPSA) is 80.0 Å². The minimum Gasteiger partial charge on any atom is -0.363 e. The van der Waals surface area contributed by atoms with Crippen molar-refractivity contribution in [1.82, 2.24) is 4.98 Å². The number of pyridine rings is 1. The van der Waals surface area contributed by atoms with E-state index in [2.05, 4.69) is 34.9 Å². The molecule has 3 aromatic rings. The molecule has 0 spiro atoms. The number of hydrogen-bond donors (Lipinski definition) is 3. The normalized spacial score (nSPS) is 15.8. The zero-order valence-corrected chi connectivity index (χ0v) is 13.8. The summed E-state index contributed by atoms with van der Waals surface area (Å²) in [5.74, 6) is 0.665. The molecule has 126 valence electrons. The third kappa shape index (κ3) is 3.19. The summed E-state index contributed by atoms with van der Waals surface area (Å²) in [6, 6.07) is 18.5. The first-order valence-corrected chi connectivity index (χ1v) is 8.48. The fourth-order valence-corrected chi connectivity index (χ4v) is 3.38. The van der Waals surface area contributed by atoms with Crippen LogP contribution in [-0.4, -0.2) is 17.4 Å². The number of carbonyl (C=O) groups excluding carboxylic acids is 1. The van der Waals surface area contributed by atoms with Crippen molar-refractivity contribution in [2.24, 2.45) is 5.73 Å². The summed E-state index contributed by atoms with van der Waals surface area (Å²) in [6.45, 7) is -0.0258. The van der Waals surface area contributed by atoms with Crippen molar-refractivity contribution in [1.29, 1.82) is 0 Å². The molecule has 4 N–H and O–H groups in total. The van der Waals surface area contributed by atoms with Gasteiger partial charge in [0.2, 0.25) is 5.91 Å². The minimum atomic E-state index is -0.203. The van der Waals surface area contributed by atoms with Crippen molar-refractivity contribution in [3.63, 3.8) is 0 Å². The number of rotatable bonds is 4. The molecule has 2 aromatic carbocycles. The van der Waals surface area contributed by atoms with Crippen molar-refractivity contribution in [3.05, 3.63) is 65.7 Å². The molecule has 0 aliphatic heterocycles. The van der Waals surface area contributed by atoms with Crippen LogP contribution in [0.2, 0.25) is 0 Å². The van der Waals surface area contributed by atoms with Gasteiger partial charge in [-0.25, -0.2) is 4.98 Å². The molecule has 25 heavy (non-hydrogen) atoms. The summed E-state index contributed by atoms with van der Waals surface area (Å²) in [5.41, 5.74) is 9.74. The Morgan fingerprint density at radius 1 is 1.16 bits per heavy atom. The third-order valence-corrected chi connectivity index (χ3v) is 4.61. The Labute approximate surface area is 146 Å². The molecule has 0 radical (unpaired) electrons. The number of fused-ring (bicyclic) bond motifs is 2. The van der Waals surface area contributed by atoms with Gasteiger partial charge >= 0.3 is 0 Å². The van der Waals surface area contributed by atoms with E-state index in [0.717, 1.165) is 35.2 Å². The van der Waals surface area contributed by atoms with Gasteiger partial charge in [0.15, 0.2) is 0 Å². The second-order valence-electron chi connectivity index (χ2n) is 6.29. The lowest BCUT2D eigenvalue weighted by molar-refractivity contribution is -0.114. The van der Waals surface area contributed by atoms with Gasteiger partial charge in [0.05, 0.1) is 18.1 Å². The molecular weight excluding hydrogens is 312 g/mol. The average molecular weight is 332 g/mol. The number of benzene rings is 2. The highest BCUT2D eigenvalue weighted by molar-refractivity contribution is 5.94. The molecule has 5 nitrogen and oxygen atoms in total. The second-order valence-corrected chi connectivity index (χ2v) is 6.29. The van der Waals surface area contributed by atoms with Crippen molar-refractivity contribution < 1.29 is 4.79 Å². The number of anilines is 2. The summed E-state index contributed by atoms with van der Waals surface area (Å²) >= 11 is 0. The van der Waals surface area contributed by atoms with Gasteiger partial charge in [0.1, 0.15) is 5.82 Å². The number of nitrogens with two attached hydrogens (primary N) is 1. The Morgan fingerprint density at radius 3 is 2.92 bits per heavy atom. The van der Waals surface area contributed by atoms with Gasteiger partial charge < -0.3 is 16.4 Å². The molecule has 5 heteroatoms. The van der Waals surface area contributed by atoms with Crippen LogP contribution in [0.4, 0.5) is 11.5 Å². The Kier molecular flexibility index (Phi) is 4.07. The molecular formula is C20H20N4O. The highest BCUT2D eigenvalue weighted by atomic mass is 16.1. The van der Waals surface area contributed by atoms with Crippen LogP contribution in [0.25, 0.3) is 10.9 Å². The smallest absolute Gasteiger partial charge is 0.238 e. The van der Waals surface area contributed by atoms with Gasteiger partial charge in [-0.05, 0) is 54.3 Å². The van der Waals surface area contributed by atoms with Crippen molar-refractivity contribution in [3.8, 4) is 0 Å². The number of amides is 1. The number of nitrogens with one attached hydrogen (secondary N) is 2. The molecule has 1 aliphatic rings. The molecule has 0 saturated carbocycles. The van der Waals surface area contributed by atoms with Crippen molar-refractivity contribution >= 4 is 28.3 Å². The van der Waals surface area contributed by atoms with Crippen LogP contribution in [0.15, 0.2) is 54.6 Å². The molecule has 0 fully saturated rings. The fourth-order valence-electron chi connectivity index (χ4n) is 3.38. The molecule has 1 aromatic heterocycles. The van der Waals surface area contributed by atoms with Crippen LogP contribution in [0.1, 0.15) is 23.6 Å². The molecule has 0 bridgehead atoms. The number of hydrogen-bond acceptors (Lipinski definition) is 4. The maximum atomic E-state index is 11.4. The second kappa shape index (κ2) is 6.53. The van der Waals surface area contributed by atoms with Crippen LogP contribution in [-0.2, 0) is 11.2 Å². The highest BCUT2D eigenvalue weighted by Crippen LogP contribution is 2.33. The quantitative estimate of drug-likeness (QED) is 0.685. The number of carbonyl (C=O) groups is 1. The van der Waals surface area contributed by atoms with E-state index < -0.39 is 0 Å². The van der Waals surface area contributed by atoms with E-state index >= 15 is 0 Å². The molecule has 1 aliphatic carbocycles. The maximum absolute atomic E-state index is 11.4. The van der Waals surface area contributed by atoms with E-state index in [1.165, 1.54) is 11.1 Å². The van der Waals surface area contributed by atoms with Crippen LogP contribution in [0.3, 0.4) is 0 Å². The van der Waals surface area contributed by atoms with E-state index in [9.17, 15) is 4.79 Å². The molecule has 0 saturated heterocycles. The number of aryl methyl sites for hydroxylation is 1. The van der Waals surface area contributed by atoms with Crippen LogP contribution < -0.4 is 16.4 Å². The van der Waals surface area contributed by atoms with E-state index in [4.69, 9.17) is 10.7 Å². The first kappa shape index (κ1) is 15.6. The highest BCUT2D eigenvalue weighted by Gasteiger charge is 2.21. The summed E-state index contributed by atoms with van der Waals surface area (Å²) in [6.07, 6.45) is 2.19. The summed E-state index contributed by atoms with van der Waals surface area (Å²) < 4.78 is 0. The molecule has 0 unspecified atom stereocenters. The van der Waals surface area contributed by atoms with Gasteiger partial charge in [0.25, 0.3) is 0 Å². The van der Waals surface area contributed by atoms with Gasteiger partial charge in [-0.15, -0.1) is 0 Å². The Bertz CT molecular complexity index is 938. The van der Waals surface area contributed by atoms with Crippen LogP contribution >= 0.6 is 0 Å². The third-order valence-electron chi connectivity index (χ3n) is 4.61. The van der Waals surface area contributed by atoms with Crippen LogP contribution in [0, 0.1) is 0 Å². The SMILES string of the molecule is NCC(=O)Nc1ccc2nc(N[C@@H]3CCc4ccccc43)ccc2c1. The lowest BCUT2D eigenvalue weighted by Crippen LogP contribution is -2.21. The Morgan fingerprint density at radius 2 is 2.04 bits per heavy atom. The van der Waals surface area contributed by atoms with E-state index in [0.29, 0.717) is 6.04 Å². The standard InChI is InChI=1S/C20H20N4O/c21-12-20(25)22-15-7-9-17-14(11-15)6-10-19(23-17)24-18-8-5-13-3-1-2-4-16(13)18/h1-4,6-7,9-11,18H,5,8,12,21H2,(H,22,25)(H,23,24)/t18-/m1/s1. The predicted molar refractivity (Wildman–Crippen MR) is 101 cm³/mol. The lowest BCUT2D eigenvalue weighted by atomic mass is 10.1. The van der Waals surface area contributed by atoms with Gasteiger partial charge in [-0.1, -0.05) is 24.3 Å². The van der Waals surface area contributed by atoms with E-state index in [1.54, 1.807) is 0 Å². The largest absolute Gasteiger partial charge is 0.363 e. The fraction of sp³-hybridized carbons (Fsp3) is 0.200. The van der Waals surface area contributed by atoms with Gasteiger partial charge in [-0.2, -0.15) is 0 Å². The average Bonchev–Trinajstić information content (AvgIpc) is 3.05. The molecule has 1 atom stereocenters. The summed E-state index contributed by atoms with van der Waals surface area (Å²) in [5, 5.41) is 7.29. The lowest BCUT2D eigenvalue weighted by Gasteiger charge is -2.15.